The van der Waals surface area contributed by atoms with E-state index >= 15 is 0 Å². The maximum atomic E-state index is 5.54. The molecule has 0 aromatic carbocycles. The maximum absolute atomic E-state index is 5.54. The van der Waals surface area contributed by atoms with Crippen LogP contribution in [0, 0.1) is 0 Å². The van der Waals surface area contributed by atoms with Gasteiger partial charge in [0.25, 0.3) is 0 Å². The molecular formula is C9H16N2. The van der Waals surface area contributed by atoms with Gasteiger partial charge in [-0.2, -0.15) is 0 Å². The first-order chi connectivity index (χ1) is 5.20. The summed E-state index contributed by atoms with van der Waals surface area (Å²) in [4.78, 5) is 0. The monoisotopic (exact) mass is 152 g/mol. The third-order valence-electron chi connectivity index (χ3n) is 1.15. The van der Waals surface area contributed by atoms with Crippen LogP contribution in [0.2, 0.25) is 0 Å². The van der Waals surface area contributed by atoms with E-state index in [1.165, 1.54) is 0 Å². The molecule has 0 aliphatic carbocycles. The third kappa shape index (κ3) is 5.43. The minimum Gasteiger partial charge on any atom is -0.384 e. The minimum atomic E-state index is 0.156. The standard InChI is InChI=1S/C9H16N2/c1-4-6-9(5-2)11-7-8(3)10/h4-6,8,11H,1-2,7,10H2,3H3/b9-6+. The van der Waals surface area contributed by atoms with Gasteiger partial charge in [-0.3, -0.25) is 0 Å². The van der Waals surface area contributed by atoms with Crippen molar-refractivity contribution in [3.8, 4) is 0 Å². The molecule has 0 amide bonds. The third-order valence-corrected chi connectivity index (χ3v) is 1.15. The van der Waals surface area contributed by atoms with Crippen molar-refractivity contribution >= 4 is 0 Å². The molecule has 62 valence electrons. The highest BCUT2D eigenvalue weighted by atomic mass is 14.9. The topological polar surface area (TPSA) is 38.0 Å². The van der Waals surface area contributed by atoms with E-state index in [1.807, 2.05) is 13.0 Å². The molecule has 2 nitrogen and oxygen atoms in total. The van der Waals surface area contributed by atoms with Crippen LogP contribution in [-0.4, -0.2) is 12.6 Å². The molecule has 1 unspecified atom stereocenters. The molecule has 0 aromatic rings. The van der Waals surface area contributed by atoms with Crippen molar-refractivity contribution in [2.75, 3.05) is 6.54 Å². The minimum absolute atomic E-state index is 0.156. The number of allylic oxidation sites excluding steroid dienone is 3. The summed E-state index contributed by atoms with van der Waals surface area (Å²) in [5.41, 5.74) is 6.50. The predicted molar refractivity (Wildman–Crippen MR) is 50.1 cm³/mol. The first-order valence-corrected chi connectivity index (χ1v) is 3.65. The van der Waals surface area contributed by atoms with Gasteiger partial charge in [-0.05, 0) is 19.1 Å². The lowest BCUT2D eigenvalue weighted by molar-refractivity contribution is 0.674. The fraction of sp³-hybridized carbons (Fsp3) is 0.333. The van der Waals surface area contributed by atoms with Crippen LogP contribution in [0.25, 0.3) is 0 Å². The van der Waals surface area contributed by atoms with Gasteiger partial charge in [0.1, 0.15) is 0 Å². The van der Waals surface area contributed by atoms with Crippen molar-refractivity contribution in [2.45, 2.75) is 13.0 Å². The Hall–Kier alpha value is -1.02. The van der Waals surface area contributed by atoms with E-state index in [0.717, 1.165) is 12.2 Å². The number of nitrogens with one attached hydrogen (secondary N) is 1. The van der Waals surface area contributed by atoms with Crippen LogP contribution < -0.4 is 11.1 Å². The summed E-state index contributed by atoms with van der Waals surface area (Å²) in [5, 5.41) is 3.12. The zero-order chi connectivity index (χ0) is 8.69. The molecule has 0 aromatic heterocycles. The van der Waals surface area contributed by atoms with Crippen LogP contribution >= 0.6 is 0 Å². The van der Waals surface area contributed by atoms with Crippen LogP contribution in [0.1, 0.15) is 6.92 Å². The van der Waals surface area contributed by atoms with Crippen molar-refractivity contribution < 1.29 is 0 Å². The summed E-state index contributed by atoms with van der Waals surface area (Å²) in [6.45, 7) is 9.92. The predicted octanol–water partition coefficient (Wildman–Crippen LogP) is 1.18. The molecule has 0 heterocycles. The van der Waals surface area contributed by atoms with Gasteiger partial charge in [0.05, 0.1) is 0 Å². The van der Waals surface area contributed by atoms with E-state index in [2.05, 4.69) is 18.5 Å². The van der Waals surface area contributed by atoms with Gasteiger partial charge >= 0.3 is 0 Å². The van der Waals surface area contributed by atoms with Crippen molar-refractivity contribution in [3.63, 3.8) is 0 Å². The van der Waals surface area contributed by atoms with Crippen LogP contribution in [0.15, 0.2) is 37.1 Å². The SMILES string of the molecule is C=C/C=C(\C=C)NCC(C)N. The summed E-state index contributed by atoms with van der Waals surface area (Å²) in [6, 6.07) is 0.156. The molecule has 0 saturated heterocycles. The van der Waals surface area contributed by atoms with Gasteiger partial charge in [-0.25, -0.2) is 0 Å². The van der Waals surface area contributed by atoms with E-state index < -0.39 is 0 Å². The molecule has 3 N–H and O–H groups in total. The molecular weight excluding hydrogens is 136 g/mol. The van der Waals surface area contributed by atoms with Gasteiger partial charge in [-0.1, -0.05) is 19.2 Å². The Kier molecular flexibility index (Phi) is 5.21. The smallest absolute Gasteiger partial charge is 0.0334 e. The van der Waals surface area contributed by atoms with Gasteiger partial charge in [-0.15, -0.1) is 0 Å². The lowest BCUT2D eigenvalue weighted by Gasteiger charge is -2.08. The fourth-order valence-electron chi connectivity index (χ4n) is 0.605. The van der Waals surface area contributed by atoms with E-state index in [4.69, 9.17) is 5.73 Å². The van der Waals surface area contributed by atoms with Crippen LogP contribution in [0.5, 0.6) is 0 Å². The Labute approximate surface area is 68.5 Å². The second kappa shape index (κ2) is 5.74. The molecule has 0 aliphatic rings. The second-order valence-electron chi connectivity index (χ2n) is 2.42. The van der Waals surface area contributed by atoms with Gasteiger partial charge in [0.15, 0.2) is 0 Å². The van der Waals surface area contributed by atoms with Gasteiger partial charge < -0.3 is 11.1 Å². The molecule has 1 atom stereocenters. The Balaban J connectivity index is 3.79. The van der Waals surface area contributed by atoms with Crippen molar-refractivity contribution in [3.05, 3.63) is 37.1 Å². The van der Waals surface area contributed by atoms with E-state index in [0.29, 0.717) is 0 Å². The first-order valence-electron chi connectivity index (χ1n) is 3.65. The van der Waals surface area contributed by atoms with Crippen LogP contribution in [-0.2, 0) is 0 Å². The average Bonchev–Trinajstić information content (AvgIpc) is 1.97. The summed E-state index contributed by atoms with van der Waals surface area (Å²) in [5.74, 6) is 0. The molecule has 0 radical (unpaired) electrons. The van der Waals surface area contributed by atoms with Crippen LogP contribution in [0.3, 0.4) is 0 Å². The Morgan fingerprint density at radius 2 is 2.27 bits per heavy atom. The summed E-state index contributed by atoms with van der Waals surface area (Å²) < 4.78 is 0. The van der Waals surface area contributed by atoms with Crippen molar-refractivity contribution in [1.29, 1.82) is 0 Å². The lowest BCUT2D eigenvalue weighted by Crippen LogP contribution is -2.30. The number of hydrogen-bond donors (Lipinski definition) is 2. The maximum Gasteiger partial charge on any atom is 0.0334 e. The highest BCUT2D eigenvalue weighted by Gasteiger charge is 1.92. The number of rotatable bonds is 5. The fourth-order valence-corrected chi connectivity index (χ4v) is 0.605. The lowest BCUT2D eigenvalue weighted by atomic mass is 10.3. The summed E-state index contributed by atoms with van der Waals surface area (Å²) in [6.07, 6.45) is 5.31. The van der Waals surface area contributed by atoms with Gasteiger partial charge in [0.2, 0.25) is 0 Å². The molecule has 0 rings (SSSR count). The summed E-state index contributed by atoms with van der Waals surface area (Å²) >= 11 is 0. The van der Waals surface area contributed by atoms with Crippen molar-refractivity contribution in [1.82, 2.24) is 5.32 Å². The molecule has 0 bridgehead atoms. The largest absolute Gasteiger partial charge is 0.384 e. The zero-order valence-corrected chi connectivity index (χ0v) is 7.01. The number of hydrogen-bond acceptors (Lipinski definition) is 2. The molecule has 11 heavy (non-hydrogen) atoms. The molecule has 0 saturated carbocycles. The van der Waals surface area contributed by atoms with Gasteiger partial charge in [0, 0.05) is 18.3 Å². The Morgan fingerprint density at radius 3 is 2.64 bits per heavy atom. The van der Waals surface area contributed by atoms with E-state index in [1.54, 1.807) is 12.2 Å². The first kappa shape index (κ1) is 9.98. The highest BCUT2D eigenvalue weighted by Crippen LogP contribution is 1.89. The molecule has 0 aliphatic heterocycles. The molecule has 2 heteroatoms. The number of nitrogens with two attached hydrogens (primary N) is 1. The second-order valence-corrected chi connectivity index (χ2v) is 2.42. The van der Waals surface area contributed by atoms with E-state index in [-0.39, 0.29) is 6.04 Å². The Bertz CT molecular complexity index is 157. The zero-order valence-electron chi connectivity index (χ0n) is 7.01. The van der Waals surface area contributed by atoms with Crippen LogP contribution in [0.4, 0.5) is 0 Å². The van der Waals surface area contributed by atoms with E-state index in [9.17, 15) is 0 Å². The summed E-state index contributed by atoms with van der Waals surface area (Å²) in [7, 11) is 0. The highest BCUT2D eigenvalue weighted by molar-refractivity contribution is 5.19. The normalized spacial score (nSPS) is 13.8. The molecule has 0 spiro atoms. The Morgan fingerprint density at radius 1 is 1.64 bits per heavy atom. The quantitative estimate of drug-likeness (QED) is 0.580. The van der Waals surface area contributed by atoms with Crippen molar-refractivity contribution in [2.24, 2.45) is 5.73 Å². The molecule has 0 fully saturated rings. The average molecular weight is 152 g/mol.